The van der Waals surface area contributed by atoms with Gasteiger partial charge >= 0.3 is 0 Å². The quantitative estimate of drug-likeness (QED) is 0.619. The largest absolute Gasteiger partial charge is 0.377 e. The van der Waals surface area contributed by atoms with Gasteiger partial charge in [0.05, 0.1) is 12.4 Å². The first kappa shape index (κ1) is 18.3. The zero-order valence-corrected chi connectivity index (χ0v) is 14.0. The summed E-state index contributed by atoms with van der Waals surface area (Å²) in [6, 6.07) is 0. The van der Waals surface area contributed by atoms with Gasteiger partial charge in [-0.1, -0.05) is 0 Å². The molecule has 1 fully saturated rings. The summed E-state index contributed by atoms with van der Waals surface area (Å²) >= 11 is 0. The molecule has 0 aromatic heterocycles. The van der Waals surface area contributed by atoms with Crippen LogP contribution in [0.2, 0.25) is 0 Å². The zero-order chi connectivity index (χ0) is 15.9. The van der Waals surface area contributed by atoms with Crippen LogP contribution in [0.5, 0.6) is 0 Å². The van der Waals surface area contributed by atoms with Crippen molar-refractivity contribution in [2.75, 3.05) is 53.1 Å². The van der Waals surface area contributed by atoms with Gasteiger partial charge in [0.2, 0.25) is 15.9 Å². The molecule has 1 aliphatic heterocycles. The van der Waals surface area contributed by atoms with Gasteiger partial charge in [-0.15, -0.1) is 0 Å². The fourth-order valence-electron chi connectivity index (χ4n) is 2.14. The van der Waals surface area contributed by atoms with Gasteiger partial charge in [0, 0.05) is 39.2 Å². The van der Waals surface area contributed by atoms with Gasteiger partial charge in [0.1, 0.15) is 0 Å². The Morgan fingerprint density at radius 2 is 2.05 bits per heavy atom. The first-order valence-corrected chi connectivity index (χ1v) is 9.12. The van der Waals surface area contributed by atoms with Crippen LogP contribution in [-0.4, -0.2) is 82.8 Å². The molecule has 1 unspecified atom stereocenters. The molecule has 0 bridgehead atoms. The highest BCUT2D eigenvalue weighted by atomic mass is 32.2. The van der Waals surface area contributed by atoms with Gasteiger partial charge < -0.3 is 15.0 Å². The van der Waals surface area contributed by atoms with Crippen LogP contribution >= 0.6 is 0 Å². The first-order chi connectivity index (χ1) is 9.79. The van der Waals surface area contributed by atoms with E-state index in [9.17, 15) is 13.2 Å². The van der Waals surface area contributed by atoms with E-state index in [0.717, 1.165) is 19.4 Å². The Morgan fingerprint density at radius 3 is 2.57 bits per heavy atom. The van der Waals surface area contributed by atoms with Crippen molar-refractivity contribution in [3.05, 3.63) is 0 Å². The average molecular weight is 321 g/mol. The molecule has 7 nitrogen and oxygen atoms in total. The Hall–Kier alpha value is -0.700. The van der Waals surface area contributed by atoms with Crippen molar-refractivity contribution in [2.45, 2.75) is 25.4 Å². The van der Waals surface area contributed by atoms with E-state index in [4.69, 9.17) is 4.74 Å². The first-order valence-electron chi connectivity index (χ1n) is 7.27. The molecule has 0 radical (unpaired) electrons. The fourth-order valence-corrected chi connectivity index (χ4v) is 3.00. The van der Waals surface area contributed by atoms with Gasteiger partial charge in [-0.05, 0) is 26.9 Å². The molecule has 1 saturated heterocycles. The summed E-state index contributed by atoms with van der Waals surface area (Å²) in [7, 11) is 0.543. The van der Waals surface area contributed by atoms with E-state index < -0.39 is 10.0 Å². The van der Waals surface area contributed by atoms with E-state index in [1.807, 2.05) is 19.0 Å². The molecule has 21 heavy (non-hydrogen) atoms. The fraction of sp³-hybridized carbons (Fsp3) is 0.923. The van der Waals surface area contributed by atoms with Crippen molar-refractivity contribution in [1.29, 1.82) is 0 Å². The number of nitrogens with one attached hydrogen (secondary N) is 1. The molecule has 0 aliphatic carbocycles. The minimum absolute atomic E-state index is 0.0449. The second kappa shape index (κ2) is 8.67. The third-order valence-electron chi connectivity index (χ3n) is 3.37. The number of ether oxygens (including phenoxy) is 1. The molecule has 1 atom stereocenters. The molecule has 8 heteroatoms. The van der Waals surface area contributed by atoms with Crippen molar-refractivity contribution in [3.8, 4) is 0 Å². The second-order valence-corrected chi connectivity index (χ2v) is 7.64. The van der Waals surface area contributed by atoms with Crippen LogP contribution < -0.4 is 5.32 Å². The van der Waals surface area contributed by atoms with Crippen LogP contribution in [0.4, 0.5) is 0 Å². The van der Waals surface area contributed by atoms with Crippen molar-refractivity contribution in [1.82, 2.24) is 14.5 Å². The summed E-state index contributed by atoms with van der Waals surface area (Å²) in [5.41, 5.74) is 0. The minimum Gasteiger partial charge on any atom is -0.377 e. The molecule has 0 saturated carbocycles. The van der Waals surface area contributed by atoms with Crippen molar-refractivity contribution < 1.29 is 17.9 Å². The van der Waals surface area contributed by atoms with Crippen LogP contribution in [0.25, 0.3) is 0 Å². The number of rotatable bonds is 9. The molecule has 0 spiro atoms. The normalized spacial score (nSPS) is 19.4. The van der Waals surface area contributed by atoms with E-state index in [0.29, 0.717) is 19.7 Å². The predicted octanol–water partition coefficient (Wildman–Crippen LogP) is -0.505. The van der Waals surface area contributed by atoms with Crippen LogP contribution in [0.3, 0.4) is 0 Å². The Labute approximate surface area is 127 Å². The number of amides is 1. The lowest BCUT2D eigenvalue weighted by molar-refractivity contribution is -0.121. The van der Waals surface area contributed by atoms with Crippen LogP contribution in [-0.2, 0) is 19.6 Å². The summed E-state index contributed by atoms with van der Waals surface area (Å²) in [6.07, 6.45) is 3.14. The summed E-state index contributed by atoms with van der Waals surface area (Å²) in [5.74, 6) is -0.127. The van der Waals surface area contributed by atoms with E-state index in [-0.39, 0.29) is 25.0 Å². The summed E-state index contributed by atoms with van der Waals surface area (Å²) in [5, 5.41) is 2.78. The highest BCUT2D eigenvalue weighted by molar-refractivity contribution is 7.88. The van der Waals surface area contributed by atoms with Crippen LogP contribution in [0.15, 0.2) is 0 Å². The molecule has 1 N–H and O–H groups in total. The SMILES string of the molecule is CN(C)CCNC(=O)CCN(CC1CCCO1)S(C)(=O)=O. The van der Waals surface area contributed by atoms with Crippen LogP contribution in [0.1, 0.15) is 19.3 Å². The van der Waals surface area contributed by atoms with E-state index in [1.54, 1.807) is 0 Å². The number of sulfonamides is 1. The smallest absolute Gasteiger partial charge is 0.221 e. The molecule has 0 aromatic rings. The lowest BCUT2D eigenvalue weighted by Crippen LogP contribution is -2.40. The predicted molar refractivity (Wildman–Crippen MR) is 81.6 cm³/mol. The van der Waals surface area contributed by atoms with Gasteiger partial charge in [-0.2, -0.15) is 4.31 Å². The lowest BCUT2D eigenvalue weighted by Gasteiger charge is -2.22. The maximum absolute atomic E-state index is 11.8. The highest BCUT2D eigenvalue weighted by Gasteiger charge is 2.24. The number of carbonyl (C=O) groups is 1. The monoisotopic (exact) mass is 321 g/mol. The number of likely N-dealkylation sites (N-methyl/N-ethyl adjacent to an activating group) is 1. The Morgan fingerprint density at radius 1 is 1.33 bits per heavy atom. The van der Waals surface area contributed by atoms with Gasteiger partial charge in [0.15, 0.2) is 0 Å². The number of hydrogen-bond acceptors (Lipinski definition) is 5. The van der Waals surface area contributed by atoms with Gasteiger partial charge in [-0.3, -0.25) is 4.79 Å². The standard InChI is InChI=1S/C13H27N3O4S/c1-15(2)9-7-14-13(17)6-8-16(21(3,18)19)11-12-5-4-10-20-12/h12H,4-11H2,1-3H3,(H,14,17). The zero-order valence-electron chi connectivity index (χ0n) is 13.2. The maximum Gasteiger partial charge on any atom is 0.221 e. The maximum atomic E-state index is 11.8. The minimum atomic E-state index is -3.32. The van der Waals surface area contributed by atoms with Gasteiger partial charge in [-0.25, -0.2) is 8.42 Å². The summed E-state index contributed by atoms with van der Waals surface area (Å²) in [6.45, 7) is 2.55. The topological polar surface area (TPSA) is 79.0 Å². The van der Waals surface area contributed by atoms with Gasteiger partial charge in [0.25, 0.3) is 0 Å². The molecule has 1 amide bonds. The van der Waals surface area contributed by atoms with Crippen molar-refractivity contribution in [3.63, 3.8) is 0 Å². The Bertz CT molecular complexity index is 419. The van der Waals surface area contributed by atoms with Crippen molar-refractivity contribution in [2.24, 2.45) is 0 Å². The molecule has 124 valence electrons. The molecule has 1 heterocycles. The second-order valence-electron chi connectivity index (χ2n) is 5.66. The molecule has 1 aliphatic rings. The molecule has 1 rings (SSSR count). The van der Waals surface area contributed by atoms with E-state index >= 15 is 0 Å². The third kappa shape index (κ3) is 7.75. The molecule has 0 aromatic carbocycles. The number of hydrogen-bond donors (Lipinski definition) is 1. The van der Waals surface area contributed by atoms with Crippen LogP contribution in [0, 0.1) is 0 Å². The van der Waals surface area contributed by atoms with Crippen molar-refractivity contribution >= 4 is 15.9 Å². The highest BCUT2D eigenvalue weighted by Crippen LogP contribution is 2.15. The van der Waals surface area contributed by atoms with E-state index in [1.165, 1.54) is 10.6 Å². The molecular formula is C13H27N3O4S. The summed E-state index contributed by atoms with van der Waals surface area (Å²) in [4.78, 5) is 13.7. The van der Waals surface area contributed by atoms with E-state index in [2.05, 4.69) is 5.32 Å². The molecular weight excluding hydrogens is 294 g/mol. The lowest BCUT2D eigenvalue weighted by atomic mass is 10.2. The average Bonchev–Trinajstić information content (AvgIpc) is 2.85. The summed E-state index contributed by atoms with van der Waals surface area (Å²) < 4.78 is 30.3. The number of nitrogens with zero attached hydrogens (tertiary/aromatic N) is 2. The Balaban J connectivity index is 2.37. The number of carbonyl (C=O) groups excluding carboxylic acids is 1. The Kier molecular flexibility index (Phi) is 7.58. The third-order valence-corrected chi connectivity index (χ3v) is 4.64.